The molecule has 0 aliphatic carbocycles. The van der Waals surface area contributed by atoms with E-state index >= 15 is 0 Å². The van der Waals surface area contributed by atoms with Gasteiger partial charge in [-0.25, -0.2) is 4.79 Å². The number of carboxylic acid groups (broad SMARTS) is 1. The fraction of sp³-hybridized carbons (Fsp3) is 0.133. The summed E-state index contributed by atoms with van der Waals surface area (Å²) < 4.78 is 37.3. The number of aliphatic hydroxyl groups is 1. The van der Waals surface area contributed by atoms with Crippen molar-refractivity contribution in [1.29, 1.82) is 0 Å². The molecule has 2 aromatic rings. The number of carboxylic acids is 1. The lowest BCUT2D eigenvalue weighted by atomic mass is 9.99. The van der Waals surface area contributed by atoms with E-state index in [1.165, 1.54) is 36.4 Å². The van der Waals surface area contributed by atoms with Crippen LogP contribution in [0, 0.1) is 0 Å². The summed E-state index contributed by atoms with van der Waals surface area (Å²) in [6, 6.07) is 9.67. The highest BCUT2D eigenvalue weighted by Gasteiger charge is 2.30. The molecule has 0 saturated carbocycles. The number of hydrogen-bond acceptors (Lipinski definition) is 2. The van der Waals surface area contributed by atoms with Gasteiger partial charge in [-0.05, 0) is 35.4 Å². The van der Waals surface area contributed by atoms with Crippen molar-refractivity contribution >= 4 is 5.97 Å². The van der Waals surface area contributed by atoms with Crippen molar-refractivity contribution in [1.82, 2.24) is 0 Å². The third-order valence-electron chi connectivity index (χ3n) is 3.03. The SMILES string of the molecule is O=C(O)c1ccc(C(O)c2ccc(C(F)(F)F)cc2)cc1. The topological polar surface area (TPSA) is 57.5 Å². The van der Waals surface area contributed by atoms with Crippen LogP contribution < -0.4 is 0 Å². The zero-order chi connectivity index (χ0) is 15.6. The summed E-state index contributed by atoms with van der Waals surface area (Å²) in [6.07, 6.45) is -5.54. The molecule has 0 spiro atoms. The molecule has 6 heteroatoms. The Morgan fingerprint density at radius 2 is 1.33 bits per heavy atom. The minimum Gasteiger partial charge on any atom is -0.478 e. The smallest absolute Gasteiger partial charge is 0.416 e. The van der Waals surface area contributed by atoms with E-state index in [1.807, 2.05) is 0 Å². The molecule has 2 rings (SSSR count). The summed E-state index contributed by atoms with van der Waals surface area (Å²) >= 11 is 0. The first-order valence-electron chi connectivity index (χ1n) is 5.97. The first-order valence-corrected chi connectivity index (χ1v) is 5.97. The maximum atomic E-state index is 12.4. The summed E-state index contributed by atoms with van der Waals surface area (Å²) in [6.45, 7) is 0. The third-order valence-corrected chi connectivity index (χ3v) is 3.03. The molecule has 0 heterocycles. The molecule has 0 bridgehead atoms. The number of aromatic carboxylic acids is 1. The molecule has 21 heavy (non-hydrogen) atoms. The van der Waals surface area contributed by atoms with Crippen LogP contribution in [0.1, 0.15) is 33.2 Å². The van der Waals surface area contributed by atoms with E-state index in [0.717, 1.165) is 12.1 Å². The van der Waals surface area contributed by atoms with Crippen LogP contribution in [0.3, 0.4) is 0 Å². The lowest BCUT2D eigenvalue weighted by Gasteiger charge is -2.13. The molecule has 1 unspecified atom stereocenters. The van der Waals surface area contributed by atoms with E-state index in [4.69, 9.17) is 5.11 Å². The highest BCUT2D eigenvalue weighted by Crippen LogP contribution is 2.31. The molecule has 0 aliphatic heterocycles. The number of alkyl halides is 3. The Balaban J connectivity index is 2.23. The second kappa shape index (κ2) is 5.57. The Kier molecular flexibility index (Phi) is 3.99. The van der Waals surface area contributed by atoms with Crippen LogP contribution in [0.25, 0.3) is 0 Å². The summed E-state index contributed by atoms with van der Waals surface area (Å²) in [4.78, 5) is 10.7. The van der Waals surface area contributed by atoms with Gasteiger partial charge in [-0.2, -0.15) is 13.2 Å². The number of benzene rings is 2. The first kappa shape index (κ1) is 15.1. The van der Waals surface area contributed by atoms with Crippen LogP contribution in [-0.2, 0) is 6.18 Å². The first-order chi connectivity index (χ1) is 9.79. The van der Waals surface area contributed by atoms with Crippen LogP contribution >= 0.6 is 0 Å². The molecular formula is C15H11F3O3. The number of hydrogen-bond donors (Lipinski definition) is 2. The van der Waals surface area contributed by atoms with E-state index in [0.29, 0.717) is 11.1 Å². The van der Waals surface area contributed by atoms with Gasteiger partial charge in [0, 0.05) is 0 Å². The summed E-state index contributed by atoms with van der Waals surface area (Å²) in [7, 11) is 0. The predicted octanol–water partition coefficient (Wildman–Crippen LogP) is 3.49. The zero-order valence-corrected chi connectivity index (χ0v) is 10.6. The second-order valence-corrected chi connectivity index (χ2v) is 4.45. The lowest BCUT2D eigenvalue weighted by Crippen LogP contribution is -2.06. The number of aliphatic hydroxyl groups excluding tert-OH is 1. The van der Waals surface area contributed by atoms with Crippen molar-refractivity contribution in [3.8, 4) is 0 Å². The molecule has 110 valence electrons. The largest absolute Gasteiger partial charge is 0.478 e. The van der Waals surface area contributed by atoms with Gasteiger partial charge in [-0.3, -0.25) is 0 Å². The van der Waals surface area contributed by atoms with Crippen LogP contribution in [0.2, 0.25) is 0 Å². The van der Waals surface area contributed by atoms with Crippen molar-refractivity contribution in [2.75, 3.05) is 0 Å². The quantitative estimate of drug-likeness (QED) is 0.911. The highest BCUT2D eigenvalue weighted by molar-refractivity contribution is 5.87. The Morgan fingerprint density at radius 1 is 0.905 bits per heavy atom. The van der Waals surface area contributed by atoms with Crippen LogP contribution in [0.5, 0.6) is 0 Å². The highest BCUT2D eigenvalue weighted by atomic mass is 19.4. The van der Waals surface area contributed by atoms with E-state index in [-0.39, 0.29) is 5.56 Å². The average Bonchev–Trinajstić information content (AvgIpc) is 2.46. The predicted molar refractivity (Wildman–Crippen MR) is 68.9 cm³/mol. The van der Waals surface area contributed by atoms with Crippen LogP contribution in [0.15, 0.2) is 48.5 Å². The van der Waals surface area contributed by atoms with E-state index in [2.05, 4.69) is 0 Å². The summed E-state index contributed by atoms with van der Waals surface area (Å²) in [5.74, 6) is -1.09. The van der Waals surface area contributed by atoms with Gasteiger partial charge < -0.3 is 10.2 Å². The lowest BCUT2D eigenvalue weighted by molar-refractivity contribution is -0.137. The minimum atomic E-state index is -4.42. The van der Waals surface area contributed by atoms with Gasteiger partial charge in [0.05, 0.1) is 11.1 Å². The standard InChI is InChI=1S/C15H11F3O3/c16-15(17,18)12-7-5-10(6-8-12)13(19)9-1-3-11(4-2-9)14(20)21/h1-8,13,19H,(H,20,21). The van der Waals surface area contributed by atoms with Crippen molar-refractivity contribution in [3.63, 3.8) is 0 Å². The normalized spacial score (nSPS) is 13.0. The average molecular weight is 296 g/mol. The molecule has 3 nitrogen and oxygen atoms in total. The van der Waals surface area contributed by atoms with E-state index in [1.54, 1.807) is 0 Å². The maximum absolute atomic E-state index is 12.4. The van der Waals surface area contributed by atoms with Crippen LogP contribution in [0.4, 0.5) is 13.2 Å². The molecular weight excluding hydrogens is 285 g/mol. The number of rotatable bonds is 3. The van der Waals surface area contributed by atoms with Crippen molar-refractivity contribution in [3.05, 3.63) is 70.8 Å². The number of carbonyl (C=O) groups is 1. The van der Waals surface area contributed by atoms with E-state index < -0.39 is 23.8 Å². The maximum Gasteiger partial charge on any atom is 0.416 e. The summed E-state index contributed by atoms with van der Waals surface area (Å²) in [5.41, 5.74) is -0.0242. The fourth-order valence-corrected chi connectivity index (χ4v) is 1.85. The van der Waals surface area contributed by atoms with Gasteiger partial charge in [0.1, 0.15) is 6.10 Å². The van der Waals surface area contributed by atoms with Gasteiger partial charge in [0.2, 0.25) is 0 Å². The molecule has 0 radical (unpaired) electrons. The molecule has 0 fully saturated rings. The Hall–Kier alpha value is -2.34. The Morgan fingerprint density at radius 3 is 1.71 bits per heavy atom. The molecule has 2 N–H and O–H groups in total. The van der Waals surface area contributed by atoms with Gasteiger partial charge >= 0.3 is 12.1 Å². The Labute approximate surface area is 118 Å². The van der Waals surface area contributed by atoms with E-state index in [9.17, 15) is 23.1 Å². The molecule has 2 aromatic carbocycles. The van der Waals surface area contributed by atoms with Crippen molar-refractivity contribution < 1.29 is 28.2 Å². The van der Waals surface area contributed by atoms with Crippen molar-refractivity contribution in [2.24, 2.45) is 0 Å². The minimum absolute atomic E-state index is 0.0679. The third kappa shape index (κ3) is 3.41. The van der Waals surface area contributed by atoms with Gasteiger partial charge in [0.15, 0.2) is 0 Å². The molecule has 0 aliphatic rings. The molecule has 0 aromatic heterocycles. The summed E-state index contributed by atoms with van der Waals surface area (Å²) in [5, 5.41) is 18.9. The molecule has 0 saturated heterocycles. The monoisotopic (exact) mass is 296 g/mol. The Bertz CT molecular complexity index is 631. The van der Waals surface area contributed by atoms with Gasteiger partial charge in [-0.1, -0.05) is 24.3 Å². The fourth-order valence-electron chi connectivity index (χ4n) is 1.85. The number of halogens is 3. The van der Waals surface area contributed by atoms with Gasteiger partial charge in [-0.15, -0.1) is 0 Å². The zero-order valence-electron chi connectivity index (χ0n) is 10.6. The van der Waals surface area contributed by atoms with Gasteiger partial charge in [0.25, 0.3) is 0 Å². The second-order valence-electron chi connectivity index (χ2n) is 4.45. The van der Waals surface area contributed by atoms with Crippen LogP contribution in [-0.4, -0.2) is 16.2 Å². The molecule has 0 amide bonds. The molecule has 1 atom stereocenters. The van der Waals surface area contributed by atoms with Crippen molar-refractivity contribution in [2.45, 2.75) is 12.3 Å².